The van der Waals surface area contributed by atoms with Crippen LogP contribution in [0.15, 0.2) is 28.4 Å². The van der Waals surface area contributed by atoms with Gasteiger partial charge in [0.2, 0.25) is 0 Å². The molecular weight excluding hydrogens is 288 g/mol. The van der Waals surface area contributed by atoms with Gasteiger partial charge in [0.05, 0.1) is 7.11 Å². The molecule has 5 nitrogen and oxygen atoms in total. The number of imide groups is 1. The number of carbonyl (C=O) groups excluding carboxylic acids is 2. The molecule has 0 aliphatic carbocycles. The largest absolute Gasteiger partial charge is 0.496 e. The van der Waals surface area contributed by atoms with Crippen LogP contribution in [-0.2, 0) is 4.79 Å². The zero-order chi connectivity index (χ0) is 12.4. The third-order valence-electron chi connectivity index (χ3n) is 2.21. The van der Waals surface area contributed by atoms with E-state index in [0.29, 0.717) is 11.3 Å². The molecule has 0 atom stereocenters. The van der Waals surface area contributed by atoms with Gasteiger partial charge < -0.3 is 10.1 Å². The van der Waals surface area contributed by atoms with Gasteiger partial charge in [0.1, 0.15) is 11.4 Å². The predicted octanol–water partition coefficient (Wildman–Crippen LogP) is 1.64. The summed E-state index contributed by atoms with van der Waals surface area (Å²) in [4.78, 5) is 22.3. The van der Waals surface area contributed by atoms with E-state index in [1.807, 2.05) is 6.07 Å². The van der Waals surface area contributed by atoms with Crippen LogP contribution in [0.5, 0.6) is 5.75 Å². The Balaban J connectivity index is 2.41. The highest BCUT2D eigenvalue weighted by Crippen LogP contribution is 2.25. The van der Waals surface area contributed by atoms with Crippen LogP contribution in [0.25, 0.3) is 6.08 Å². The molecule has 0 unspecified atom stereocenters. The van der Waals surface area contributed by atoms with Gasteiger partial charge in [0, 0.05) is 10.0 Å². The number of ether oxygens (including phenoxy) is 1. The third kappa shape index (κ3) is 2.47. The Morgan fingerprint density at radius 2 is 2.06 bits per heavy atom. The summed E-state index contributed by atoms with van der Waals surface area (Å²) < 4.78 is 6.02. The standard InChI is InChI=1S/C11H9BrN2O3/c1-17-9-3-2-7(12)4-6(9)5-8-10(15)14-11(16)13-8/h2-5H,1H3,(H2,13,14,15,16)/b8-5+. The van der Waals surface area contributed by atoms with Crippen molar-refractivity contribution >= 4 is 33.9 Å². The molecule has 2 rings (SSSR count). The van der Waals surface area contributed by atoms with E-state index in [1.54, 1.807) is 25.3 Å². The summed E-state index contributed by atoms with van der Waals surface area (Å²) in [7, 11) is 1.54. The van der Waals surface area contributed by atoms with Crippen molar-refractivity contribution < 1.29 is 14.3 Å². The highest BCUT2D eigenvalue weighted by molar-refractivity contribution is 9.10. The molecule has 0 saturated carbocycles. The summed E-state index contributed by atoms with van der Waals surface area (Å²) in [6, 6.07) is 4.87. The number of hydrogen-bond acceptors (Lipinski definition) is 3. The van der Waals surface area contributed by atoms with Crippen molar-refractivity contribution in [3.8, 4) is 5.75 Å². The monoisotopic (exact) mass is 296 g/mol. The number of halogens is 1. The van der Waals surface area contributed by atoms with E-state index < -0.39 is 11.9 Å². The Kier molecular flexibility index (Phi) is 3.14. The second kappa shape index (κ2) is 4.58. The molecular formula is C11H9BrN2O3. The number of benzene rings is 1. The van der Waals surface area contributed by atoms with E-state index in [0.717, 1.165) is 4.47 Å². The van der Waals surface area contributed by atoms with Crippen molar-refractivity contribution in [2.45, 2.75) is 0 Å². The van der Waals surface area contributed by atoms with E-state index in [-0.39, 0.29) is 5.70 Å². The lowest BCUT2D eigenvalue weighted by atomic mass is 10.1. The molecule has 0 radical (unpaired) electrons. The van der Waals surface area contributed by atoms with Gasteiger partial charge in [-0.1, -0.05) is 15.9 Å². The van der Waals surface area contributed by atoms with Crippen LogP contribution in [0.4, 0.5) is 4.79 Å². The van der Waals surface area contributed by atoms with Crippen molar-refractivity contribution in [1.29, 1.82) is 0 Å². The summed E-state index contributed by atoms with van der Waals surface area (Å²) in [5.74, 6) is 0.173. The first-order chi connectivity index (χ1) is 8.10. The quantitative estimate of drug-likeness (QED) is 0.644. The molecule has 0 bridgehead atoms. The Morgan fingerprint density at radius 1 is 1.29 bits per heavy atom. The van der Waals surface area contributed by atoms with Gasteiger partial charge in [-0.25, -0.2) is 4.79 Å². The topological polar surface area (TPSA) is 67.4 Å². The maximum Gasteiger partial charge on any atom is 0.326 e. The van der Waals surface area contributed by atoms with E-state index in [1.165, 1.54) is 0 Å². The maximum atomic E-state index is 11.4. The minimum Gasteiger partial charge on any atom is -0.496 e. The molecule has 1 aromatic carbocycles. The van der Waals surface area contributed by atoms with Gasteiger partial charge in [-0.3, -0.25) is 10.1 Å². The Hall–Kier alpha value is -1.82. The lowest BCUT2D eigenvalue weighted by molar-refractivity contribution is -0.115. The lowest BCUT2D eigenvalue weighted by Crippen LogP contribution is -2.22. The predicted molar refractivity (Wildman–Crippen MR) is 65.3 cm³/mol. The van der Waals surface area contributed by atoms with Gasteiger partial charge in [0.15, 0.2) is 0 Å². The first kappa shape index (κ1) is 11.7. The Morgan fingerprint density at radius 3 is 2.65 bits per heavy atom. The van der Waals surface area contributed by atoms with Crippen molar-refractivity contribution in [3.63, 3.8) is 0 Å². The molecule has 1 heterocycles. The molecule has 1 fully saturated rings. The van der Waals surface area contributed by atoms with Crippen LogP contribution in [0.1, 0.15) is 5.56 Å². The SMILES string of the molecule is COc1ccc(Br)cc1/C=C1/NC(=O)NC1=O. The molecule has 6 heteroatoms. The molecule has 2 N–H and O–H groups in total. The van der Waals surface area contributed by atoms with Crippen LogP contribution in [0.3, 0.4) is 0 Å². The van der Waals surface area contributed by atoms with Crippen molar-refractivity contribution in [2.24, 2.45) is 0 Å². The molecule has 3 amide bonds. The van der Waals surface area contributed by atoms with Crippen LogP contribution >= 0.6 is 15.9 Å². The molecule has 1 aromatic rings. The normalized spacial score (nSPS) is 16.9. The van der Waals surface area contributed by atoms with Crippen molar-refractivity contribution in [2.75, 3.05) is 7.11 Å². The second-order valence-electron chi connectivity index (χ2n) is 3.35. The smallest absolute Gasteiger partial charge is 0.326 e. The number of rotatable bonds is 2. The van der Waals surface area contributed by atoms with E-state index in [4.69, 9.17) is 4.74 Å². The zero-order valence-corrected chi connectivity index (χ0v) is 10.5. The third-order valence-corrected chi connectivity index (χ3v) is 2.70. The van der Waals surface area contributed by atoms with Crippen LogP contribution in [0, 0.1) is 0 Å². The number of methoxy groups -OCH3 is 1. The van der Waals surface area contributed by atoms with Gasteiger partial charge >= 0.3 is 6.03 Å². The van der Waals surface area contributed by atoms with Gasteiger partial charge in [-0.2, -0.15) is 0 Å². The molecule has 0 aromatic heterocycles. The highest BCUT2D eigenvalue weighted by Gasteiger charge is 2.23. The van der Waals surface area contributed by atoms with Gasteiger partial charge in [-0.05, 0) is 24.3 Å². The number of amides is 3. The minimum atomic E-state index is -0.518. The fraction of sp³-hybridized carbons (Fsp3) is 0.0909. The minimum absolute atomic E-state index is 0.200. The second-order valence-corrected chi connectivity index (χ2v) is 4.27. The van der Waals surface area contributed by atoms with Crippen LogP contribution in [0.2, 0.25) is 0 Å². The average molecular weight is 297 g/mol. The summed E-state index contributed by atoms with van der Waals surface area (Å²) >= 11 is 3.33. The molecule has 1 aliphatic heterocycles. The number of nitrogens with one attached hydrogen (secondary N) is 2. The van der Waals surface area contributed by atoms with E-state index in [2.05, 4.69) is 26.6 Å². The number of urea groups is 1. The molecule has 88 valence electrons. The first-order valence-electron chi connectivity index (χ1n) is 4.77. The fourth-order valence-electron chi connectivity index (χ4n) is 1.46. The Labute approximate surface area is 106 Å². The fourth-order valence-corrected chi connectivity index (χ4v) is 1.83. The summed E-state index contributed by atoms with van der Waals surface area (Å²) in [6.45, 7) is 0. The number of carbonyl (C=O) groups is 2. The first-order valence-corrected chi connectivity index (χ1v) is 5.57. The summed E-state index contributed by atoms with van der Waals surface area (Å²) in [6.07, 6.45) is 1.56. The van der Waals surface area contributed by atoms with E-state index in [9.17, 15) is 9.59 Å². The Bertz CT molecular complexity index is 525. The van der Waals surface area contributed by atoms with Crippen molar-refractivity contribution in [1.82, 2.24) is 10.6 Å². The highest BCUT2D eigenvalue weighted by atomic mass is 79.9. The molecule has 1 aliphatic rings. The van der Waals surface area contributed by atoms with Gasteiger partial charge in [-0.15, -0.1) is 0 Å². The van der Waals surface area contributed by atoms with E-state index >= 15 is 0 Å². The van der Waals surface area contributed by atoms with Crippen LogP contribution < -0.4 is 15.4 Å². The zero-order valence-electron chi connectivity index (χ0n) is 8.91. The van der Waals surface area contributed by atoms with Crippen LogP contribution in [-0.4, -0.2) is 19.0 Å². The number of hydrogen-bond donors (Lipinski definition) is 2. The van der Waals surface area contributed by atoms with Gasteiger partial charge in [0.25, 0.3) is 5.91 Å². The summed E-state index contributed by atoms with van der Waals surface area (Å²) in [5.41, 5.74) is 0.903. The molecule has 17 heavy (non-hydrogen) atoms. The lowest BCUT2D eigenvalue weighted by Gasteiger charge is -2.05. The maximum absolute atomic E-state index is 11.4. The molecule has 1 saturated heterocycles. The summed E-state index contributed by atoms with van der Waals surface area (Å²) in [5, 5.41) is 4.54. The average Bonchev–Trinajstić information content (AvgIpc) is 2.58. The molecule has 0 spiro atoms. The van der Waals surface area contributed by atoms with Crippen molar-refractivity contribution in [3.05, 3.63) is 33.9 Å².